The van der Waals surface area contributed by atoms with Crippen LogP contribution in [0.3, 0.4) is 0 Å². The van der Waals surface area contributed by atoms with E-state index in [9.17, 15) is 14.4 Å². The molecule has 1 aromatic carbocycles. The van der Waals surface area contributed by atoms with E-state index < -0.39 is 18.5 Å². The first-order chi connectivity index (χ1) is 13.5. The van der Waals surface area contributed by atoms with Gasteiger partial charge in [0.25, 0.3) is 5.91 Å². The highest BCUT2D eigenvalue weighted by Gasteiger charge is 2.13. The second-order valence-electron chi connectivity index (χ2n) is 5.63. The molecule has 1 heterocycles. The normalized spacial score (nSPS) is 10.1. The summed E-state index contributed by atoms with van der Waals surface area (Å²) in [4.78, 5) is 35.3. The molecule has 9 heteroatoms. The van der Waals surface area contributed by atoms with Crippen LogP contribution in [0.2, 0.25) is 0 Å². The van der Waals surface area contributed by atoms with Crippen LogP contribution in [-0.4, -0.2) is 38.6 Å². The Balaban J connectivity index is 1.69. The average Bonchev–Trinajstić information content (AvgIpc) is 3.23. The van der Waals surface area contributed by atoms with E-state index in [4.69, 9.17) is 18.6 Å². The van der Waals surface area contributed by atoms with Gasteiger partial charge >= 0.3 is 5.97 Å². The third-order valence-corrected chi connectivity index (χ3v) is 3.64. The Bertz CT molecular complexity index is 803. The molecule has 0 fully saturated rings. The molecule has 0 saturated heterocycles. The predicted octanol–water partition coefficient (Wildman–Crippen LogP) is 1.88. The van der Waals surface area contributed by atoms with Crippen LogP contribution >= 0.6 is 0 Å². The van der Waals surface area contributed by atoms with Gasteiger partial charge in [-0.2, -0.15) is 0 Å². The summed E-state index contributed by atoms with van der Waals surface area (Å²) in [6, 6.07) is 8.32. The van der Waals surface area contributed by atoms with E-state index in [0.29, 0.717) is 22.9 Å². The minimum absolute atomic E-state index is 0.0482. The second kappa shape index (κ2) is 10.6. The van der Waals surface area contributed by atoms with Crippen molar-refractivity contribution in [2.75, 3.05) is 26.1 Å². The quantitative estimate of drug-likeness (QED) is 0.595. The van der Waals surface area contributed by atoms with Gasteiger partial charge in [0.1, 0.15) is 17.3 Å². The van der Waals surface area contributed by atoms with Crippen LogP contribution in [0.5, 0.6) is 11.5 Å². The highest BCUT2D eigenvalue weighted by Crippen LogP contribution is 2.28. The standard InChI is InChI=1S/C19H22N2O7/c1-25-13-5-6-15(16(10-13)26-2)21-18(23)12-28-19(24)8-7-17(22)20-11-14-4-3-9-27-14/h3-6,9-10H,7-8,11-12H2,1-2H3,(H,20,22)(H,21,23). The van der Waals surface area contributed by atoms with Crippen LogP contribution in [-0.2, 0) is 25.7 Å². The van der Waals surface area contributed by atoms with Gasteiger partial charge in [0.15, 0.2) is 6.61 Å². The molecule has 0 atom stereocenters. The summed E-state index contributed by atoms with van der Waals surface area (Å²) in [7, 11) is 2.98. The number of amides is 2. The van der Waals surface area contributed by atoms with Crippen LogP contribution in [0.4, 0.5) is 5.69 Å². The smallest absolute Gasteiger partial charge is 0.306 e. The van der Waals surface area contributed by atoms with Gasteiger partial charge in [0.2, 0.25) is 5.91 Å². The van der Waals surface area contributed by atoms with Crippen molar-refractivity contribution in [2.24, 2.45) is 0 Å². The molecule has 28 heavy (non-hydrogen) atoms. The molecule has 0 unspecified atom stereocenters. The van der Waals surface area contributed by atoms with Crippen LogP contribution < -0.4 is 20.1 Å². The largest absolute Gasteiger partial charge is 0.497 e. The van der Waals surface area contributed by atoms with E-state index in [1.807, 2.05) is 0 Å². The number of benzene rings is 1. The van der Waals surface area contributed by atoms with Crippen molar-refractivity contribution < 1.29 is 33.0 Å². The van der Waals surface area contributed by atoms with Crippen LogP contribution in [0, 0.1) is 0 Å². The molecule has 1 aromatic heterocycles. The van der Waals surface area contributed by atoms with E-state index in [1.165, 1.54) is 20.5 Å². The molecule has 0 aliphatic carbocycles. The van der Waals surface area contributed by atoms with Crippen molar-refractivity contribution in [3.8, 4) is 11.5 Å². The molecule has 0 saturated carbocycles. The fraction of sp³-hybridized carbons (Fsp3) is 0.316. The summed E-state index contributed by atoms with van der Waals surface area (Å²) in [6.45, 7) is -0.227. The molecule has 0 spiro atoms. The number of hydrogen-bond acceptors (Lipinski definition) is 7. The molecule has 2 aromatic rings. The molecule has 150 valence electrons. The minimum atomic E-state index is -0.648. The van der Waals surface area contributed by atoms with Crippen molar-refractivity contribution in [3.63, 3.8) is 0 Å². The van der Waals surface area contributed by atoms with Crippen LogP contribution in [0.25, 0.3) is 0 Å². The number of methoxy groups -OCH3 is 2. The molecular weight excluding hydrogens is 368 g/mol. The molecule has 0 aliphatic heterocycles. The fourth-order valence-electron chi connectivity index (χ4n) is 2.21. The number of anilines is 1. The molecule has 9 nitrogen and oxygen atoms in total. The second-order valence-corrected chi connectivity index (χ2v) is 5.63. The number of hydrogen-bond donors (Lipinski definition) is 2. The van der Waals surface area contributed by atoms with E-state index in [1.54, 1.807) is 30.3 Å². The van der Waals surface area contributed by atoms with Gasteiger partial charge in [-0.05, 0) is 24.3 Å². The Morgan fingerprint density at radius 2 is 1.86 bits per heavy atom. The molecule has 2 N–H and O–H groups in total. The Morgan fingerprint density at radius 3 is 2.54 bits per heavy atom. The summed E-state index contributed by atoms with van der Waals surface area (Å²) in [5.41, 5.74) is 0.418. The summed E-state index contributed by atoms with van der Waals surface area (Å²) in [5, 5.41) is 5.20. The van der Waals surface area contributed by atoms with Crippen molar-refractivity contribution in [3.05, 3.63) is 42.4 Å². The summed E-state index contributed by atoms with van der Waals surface area (Å²) in [6.07, 6.45) is 1.32. The molecule has 2 rings (SSSR count). The highest BCUT2D eigenvalue weighted by molar-refractivity contribution is 5.94. The first-order valence-corrected chi connectivity index (χ1v) is 8.48. The van der Waals surface area contributed by atoms with Crippen molar-refractivity contribution >= 4 is 23.5 Å². The van der Waals surface area contributed by atoms with Crippen molar-refractivity contribution in [1.29, 1.82) is 0 Å². The van der Waals surface area contributed by atoms with E-state index >= 15 is 0 Å². The maximum atomic E-state index is 11.9. The SMILES string of the molecule is COc1ccc(NC(=O)COC(=O)CCC(=O)NCc2ccco2)c(OC)c1. The van der Waals surface area contributed by atoms with E-state index in [0.717, 1.165) is 0 Å². The maximum Gasteiger partial charge on any atom is 0.306 e. The lowest BCUT2D eigenvalue weighted by Gasteiger charge is -2.11. The number of furan rings is 1. The van der Waals surface area contributed by atoms with Crippen molar-refractivity contribution in [1.82, 2.24) is 5.32 Å². The van der Waals surface area contributed by atoms with Gasteiger partial charge in [0, 0.05) is 12.5 Å². The molecule has 2 amide bonds. The lowest BCUT2D eigenvalue weighted by atomic mass is 10.2. The van der Waals surface area contributed by atoms with Crippen LogP contribution in [0.1, 0.15) is 18.6 Å². The average molecular weight is 390 g/mol. The minimum Gasteiger partial charge on any atom is -0.497 e. The van der Waals surface area contributed by atoms with E-state index in [2.05, 4.69) is 10.6 Å². The lowest BCUT2D eigenvalue weighted by molar-refractivity contribution is -0.148. The van der Waals surface area contributed by atoms with Gasteiger partial charge in [0.05, 0.1) is 39.1 Å². The zero-order valence-electron chi connectivity index (χ0n) is 15.7. The third kappa shape index (κ3) is 6.67. The zero-order chi connectivity index (χ0) is 20.4. The predicted molar refractivity (Wildman–Crippen MR) is 98.9 cm³/mol. The number of esters is 1. The number of carbonyl (C=O) groups excluding carboxylic acids is 3. The van der Waals surface area contributed by atoms with Crippen LogP contribution in [0.15, 0.2) is 41.0 Å². The fourth-order valence-corrected chi connectivity index (χ4v) is 2.21. The van der Waals surface area contributed by atoms with Gasteiger partial charge in [-0.25, -0.2) is 0 Å². The van der Waals surface area contributed by atoms with Gasteiger partial charge < -0.3 is 29.3 Å². The number of rotatable bonds is 10. The number of ether oxygens (including phenoxy) is 3. The van der Waals surface area contributed by atoms with Gasteiger partial charge in [-0.1, -0.05) is 0 Å². The maximum absolute atomic E-state index is 11.9. The highest BCUT2D eigenvalue weighted by atomic mass is 16.5. The molecule has 0 bridgehead atoms. The summed E-state index contributed by atoms with van der Waals surface area (Å²) >= 11 is 0. The Morgan fingerprint density at radius 1 is 1.04 bits per heavy atom. The zero-order valence-corrected chi connectivity index (χ0v) is 15.7. The van der Waals surface area contributed by atoms with Gasteiger partial charge in [-0.15, -0.1) is 0 Å². The Kier molecular flexibility index (Phi) is 7.89. The monoisotopic (exact) mass is 390 g/mol. The topological polar surface area (TPSA) is 116 Å². The summed E-state index contributed by atoms with van der Waals surface area (Å²) < 4.78 is 20.2. The molecule has 0 aliphatic rings. The first-order valence-electron chi connectivity index (χ1n) is 8.48. The third-order valence-electron chi connectivity index (χ3n) is 3.64. The number of carbonyl (C=O) groups is 3. The molecule has 0 radical (unpaired) electrons. The first kappa shape index (κ1) is 20.8. The Labute approximate surface area is 161 Å². The molecular formula is C19H22N2O7. The Hall–Kier alpha value is -3.49. The van der Waals surface area contributed by atoms with Gasteiger partial charge in [-0.3, -0.25) is 14.4 Å². The summed E-state index contributed by atoms with van der Waals surface area (Å²) in [5.74, 6) is 0.102. The number of nitrogens with one attached hydrogen (secondary N) is 2. The van der Waals surface area contributed by atoms with E-state index in [-0.39, 0.29) is 25.3 Å². The lowest BCUT2D eigenvalue weighted by Crippen LogP contribution is -2.24. The van der Waals surface area contributed by atoms with Crippen molar-refractivity contribution in [2.45, 2.75) is 19.4 Å².